The van der Waals surface area contributed by atoms with Crippen molar-refractivity contribution in [2.45, 2.75) is 19.8 Å². The summed E-state index contributed by atoms with van der Waals surface area (Å²) in [7, 11) is 0. The maximum atomic E-state index is 11.0. The molecule has 0 saturated carbocycles. The number of ether oxygens (including phenoxy) is 1. The van der Waals surface area contributed by atoms with Crippen LogP contribution in [0.4, 0.5) is 0 Å². The van der Waals surface area contributed by atoms with Crippen LogP contribution in [0.1, 0.15) is 30.1 Å². The first-order valence-electron chi connectivity index (χ1n) is 6.13. The Hall–Kier alpha value is -1.84. The number of pyridine rings is 1. The predicted molar refractivity (Wildman–Crippen MR) is 67.7 cm³/mol. The van der Waals surface area contributed by atoms with Gasteiger partial charge in [0.25, 0.3) is 0 Å². The summed E-state index contributed by atoms with van der Waals surface area (Å²) in [6.45, 7) is 2.73. The van der Waals surface area contributed by atoms with E-state index in [1.807, 2.05) is 0 Å². The molecule has 4 heteroatoms. The molecular formula is C14H17NO3. The number of allylic oxidation sites excluding steroid dienone is 2. The Morgan fingerprint density at radius 2 is 2.28 bits per heavy atom. The second-order valence-electron chi connectivity index (χ2n) is 4.67. The quantitative estimate of drug-likeness (QED) is 0.831. The molecule has 0 radical (unpaired) electrons. The summed E-state index contributed by atoms with van der Waals surface area (Å²) in [5, 5.41) is 9.04. The molecule has 96 valence electrons. The van der Waals surface area contributed by atoms with Crippen LogP contribution in [0.15, 0.2) is 30.6 Å². The molecule has 2 unspecified atom stereocenters. The van der Waals surface area contributed by atoms with Crippen molar-refractivity contribution in [3.05, 3.63) is 36.2 Å². The summed E-state index contributed by atoms with van der Waals surface area (Å²) >= 11 is 0. The third-order valence-electron chi connectivity index (χ3n) is 3.39. The number of carbonyl (C=O) groups is 1. The minimum atomic E-state index is -0.982. The van der Waals surface area contributed by atoms with Crippen LogP contribution < -0.4 is 4.74 Å². The van der Waals surface area contributed by atoms with Gasteiger partial charge in [0, 0.05) is 6.20 Å². The Balaban J connectivity index is 2.02. The predicted octanol–water partition coefficient (Wildman–Crippen LogP) is 2.76. The fourth-order valence-corrected chi connectivity index (χ4v) is 2.11. The first-order valence-corrected chi connectivity index (χ1v) is 6.13. The topological polar surface area (TPSA) is 59.4 Å². The zero-order chi connectivity index (χ0) is 13.0. The van der Waals surface area contributed by atoms with Crippen LogP contribution in [-0.2, 0) is 0 Å². The van der Waals surface area contributed by atoms with E-state index in [2.05, 4.69) is 24.1 Å². The Kier molecular flexibility index (Phi) is 3.97. The van der Waals surface area contributed by atoms with E-state index >= 15 is 0 Å². The second kappa shape index (κ2) is 5.67. The second-order valence-corrected chi connectivity index (χ2v) is 4.67. The summed E-state index contributed by atoms with van der Waals surface area (Å²) in [5.41, 5.74) is 0.170. The molecule has 18 heavy (non-hydrogen) atoms. The zero-order valence-corrected chi connectivity index (χ0v) is 10.4. The minimum Gasteiger partial charge on any atom is -0.491 e. The molecule has 0 spiro atoms. The Morgan fingerprint density at radius 1 is 1.50 bits per heavy atom. The number of carboxylic acid groups (broad SMARTS) is 1. The highest BCUT2D eigenvalue weighted by atomic mass is 16.5. The number of rotatable bonds is 4. The van der Waals surface area contributed by atoms with Crippen LogP contribution in [-0.4, -0.2) is 22.7 Å². The van der Waals surface area contributed by atoms with Crippen LogP contribution in [0.5, 0.6) is 5.75 Å². The van der Waals surface area contributed by atoms with Gasteiger partial charge in [-0.05, 0) is 30.7 Å². The molecule has 2 atom stereocenters. The van der Waals surface area contributed by atoms with Crippen molar-refractivity contribution in [1.82, 2.24) is 4.98 Å². The van der Waals surface area contributed by atoms with Gasteiger partial charge in [0.05, 0.1) is 12.8 Å². The zero-order valence-electron chi connectivity index (χ0n) is 10.4. The number of carboxylic acids is 1. The Morgan fingerprint density at radius 3 is 3.00 bits per heavy atom. The van der Waals surface area contributed by atoms with Gasteiger partial charge in [0.2, 0.25) is 0 Å². The lowest BCUT2D eigenvalue weighted by Gasteiger charge is -2.25. The van der Waals surface area contributed by atoms with Gasteiger partial charge in [-0.2, -0.15) is 0 Å². The summed E-state index contributed by atoms with van der Waals surface area (Å²) in [6.07, 6.45) is 9.33. The van der Waals surface area contributed by atoms with Crippen molar-refractivity contribution < 1.29 is 14.6 Å². The van der Waals surface area contributed by atoms with Crippen molar-refractivity contribution in [3.63, 3.8) is 0 Å². The van der Waals surface area contributed by atoms with Crippen LogP contribution in [0.2, 0.25) is 0 Å². The number of hydrogen-bond acceptors (Lipinski definition) is 3. The lowest BCUT2D eigenvalue weighted by molar-refractivity contribution is 0.0690. The molecule has 4 nitrogen and oxygen atoms in total. The van der Waals surface area contributed by atoms with E-state index in [0.29, 0.717) is 24.2 Å². The van der Waals surface area contributed by atoms with E-state index < -0.39 is 5.97 Å². The molecule has 1 aliphatic rings. The third-order valence-corrected chi connectivity index (χ3v) is 3.39. The fourth-order valence-electron chi connectivity index (χ4n) is 2.11. The summed E-state index contributed by atoms with van der Waals surface area (Å²) in [4.78, 5) is 14.9. The van der Waals surface area contributed by atoms with Crippen molar-refractivity contribution in [2.24, 2.45) is 11.8 Å². The number of hydrogen-bond donors (Lipinski definition) is 1. The number of aromatic carboxylic acids is 1. The van der Waals surface area contributed by atoms with Gasteiger partial charge < -0.3 is 9.84 Å². The monoisotopic (exact) mass is 247 g/mol. The fraction of sp³-hybridized carbons (Fsp3) is 0.429. The van der Waals surface area contributed by atoms with Gasteiger partial charge >= 0.3 is 5.97 Å². The van der Waals surface area contributed by atoms with Crippen LogP contribution in [0, 0.1) is 11.8 Å². The average Bonchev–Trinajstić information content (AvgIpc) is 2.38. The number of aromatic nitrogens is 1. The standard InChI is InChI=1S/C14H17NO3/c1-10-4-2-3-5-11(10)9-18-13-8-15-7-6-12(13)14(16)17/h2-3,6-8,10-11H,4-5,9H2,1H3,(H,16,17). The lowest BCUT2D eigenvalue weighted by atomic mass is 9.85. The van der Waals surface area contributed by atoms with E-state index in [9.17, 15) is 4.79 Å². The van der Waals surface area contributed by atoms with Gasteiger partial charge in [-0.1, -0.05) is 19.1 Å². The molecule has 1 aromatic heterocycles. The van der Waals surface area contributed by atoms with Crippen molar-refractivity contribution in [1.29, 1.82) is 0 Å². The van der Waals surface area contributed by atoms with Crippen LogP contribution in [0.3, 0.4) is 0 Å². The Bertz CT molecular complexity index is 456. The van der Waals surface area contributed by atoms with Crippen molar-refractivity contribution in [2.75, 3.05) is 6.61 Å². The molecule has 0 bridgehead atoms. The van der Waals surface area contributed by atoms with Gasteiger partial charge in [-0.25, -0.2) is 4.79 Å². The molecule has 1 heterocycles. The van der Waals surface area contributed by atoms with Crippen LogP contribution >= 0.6 is 0 Å². The summed E-state index contributed by atoms with van der Waals surface area (Å²) < 4.78 is 5.63. The molecule has 0 aromatic carbocycles. The molecule has 1 N–H and O–H groups in total. The number of nitrogens with zero attached hydrogens (tertiary/aromatic N) is 1. The molecule has 1 aliphatic carbocycles. The average molecular weight is 247 g/mol. The lowest BCUT2D eigenvalue weighted by Crippen LogP contribution is -2.21. The minimum absolute atomic E-state index is 0.170. The smallest absolute Gasteiger partial charge is 0.339 e. The molecule has 1 aromatic rings. The highest BCUT2D eigenvalue weighted by Crippen LogP contribution is 2.26. The summed E-state index contributed by atoms with van der Waals surface area (Å²) in [5.74, 6) is 0.382. The van der Waals surface area contributed by atoms with E-state index in [1.165, 1.54) is 18.5 Å². The normalized spacial score (nSPS) is 22.7. The first kappa shape index (κ1) is 12.6. The molecule has 0 saturated heterocycles. The maximum absolute atomic E-state index is 11.0. The van der Waals surface area contributed by atoms with Gasteiger partial charge in [0.1, 0.15) is 5.56 Å². The highest BCUT2D eigenvalue weighted by Gasteiger charge is 2.20. The molecule has 0 amide bonds. The maximum Gasteiger partial charge on any atom is 0.339 e. The van der Waals surface area contributed by atoms with Crippen LogP contribution in [0.25, 0.3) is 0 Å². The molecule has 0 aliphatic heterocycles. The van der Waals surface area contributed by atoms with E-state index in [-0.39, 0.29) is 5.56 Å². The molecule has 0 fully saturated rings. The van der Waals surface area contributed by atoms with Gasteiger partial charge in [-0.3, -0.25) is 4.98 Å². The highest BCUT2D eigenvalue weighted by molar-refractivity contribution is 5.90. The van der Waals surface area contributed by atoms with E-state index in [0.717, 1.165) is 12.8 Å². The third kappa shape index (κ3) is 2.88. The van der Waals surface area contributed by atoms with Crippen molar-refractivity contribution >= 4 is 5.97 Å². The van der Waals surface area contributed by atoms with Gasteiger partial charge in [0.15, 0.2) is 5.75 Å². The summed E-state index contributed by atoms with van der Waals surface area (Å²) in [6, 6.07) is 1.46. The first-order chi connectivity index (χ1) is 8.68. The molecular weight excluding hydrogens is 230 g/mol. The van der Waals surface area contributed by atoms with E-state index in [1.54, 1.807) is 0 Å². The van der Waals surface area contributed by atoms with E-state index in [4.69, 9.17) is 9.84 Å². The van der Waals surface area contributed by atoms with Crippen molar-refractivity contribution in [3.8, 4) is 5.75 Å². The molecule has 2 rings (SSSR count). The SMILES string of the molecule is CC1CC=CCC1COc1cnccc1C(=O)O. The van der Waals surface area contributed by atoms with Gasteiger partial charge in [-0.15, -0.1) is 0 Å². The Labute approximate surface area is 106 Å². The largest absolute Gasteiger partial charge is 0.491 e.